The zero-order valence-electron chi connectivity index (χ0n) is 16.4. The molecule has 0 amide bonds. The number of hydrogen-bond acceptors (Lipinski definition) is 5. The van der Waals surface area contributed by atoms with Crippen molar-refractivity contribution in [3.63, 3.8) is 0 Å². The molecule has 0 fully saturated rings. The lowest BCUT2D eigenvalue weighted by molar-refractivity contribution is 0.686. The monoisotopic (exact) mass is 405 g/mol. The average molecular weight is 406 g/mol. The van der Waals surface area contributed by atoms with E-state index in [0.29, 0.717) is 24.9 Å². The predicted octanol–water partition coefficient (Wildman–Crippen LogP) is 4.35. The fraction of sp³-hybridized carbons (Fsp3) is 0.318. The second-order valence-corrected chi connectivity index (χ2v) is 8.47. The highest BCUT2D eigenvalue weighted by Crippen LogP contribution is 2.34. The second-order valence-electron chi connectivity index (χ2n) is 7.39. The van der Waals surface area contributed by atoms with Crippen molar-refractivity contribution < 1.29 is 0 Å². The van der Waals surface area contributed by atoms with Gasteiger partial charge in [-0.15, -0.1) is 11.3 Å². The molecule has 1 N–H and O–H groups in total. The molecule has 1 aliphatic carbocycles. The quantitative estimate of drug-likeness (QED) is 0.536. The highest BCUT2D eigenvalue weighted by atomic mass is 32.1. The maximum atomic E-state index is 13.2. The molecule has 5 rings (SSSR count). The van der Waals surface area contributed by atoms with Crippen LogP contribution in [0.1, 0.15) is 35.8 Å². The first-order valence-corrected chi connectivity index (χ1v) is 10.9. The van der Waals surface area contributed by atoms with Crippen molar-refractivity contribution in [1.29, 1.82) is 0 Å². The van der Waals surface area contributed by atoms with Crippen molar-refractivity contribution >= 4 is 33.3 Å². The molecule has 0 saturated carbocycles. The fourth-order valence-electron chi connectivity index (χ4n) is 4.03. The van der Waals surface area contributed by atoms with E-state index in [1.165, 1.54) is 22.4 Å². The number of hydrogen-bond donors (Lipinski definition) is 1. The Balaban J connectivity index is 1.48. The minimum absolute atomic E-state index is 0.0584. The highest BCUT2D eigenvalue weighted by Gasteiger charge is 2.22. The Morgan fingerprint density at radius 1 is 1.14 bits per heavy atom. The number of aryl methyl sites for hydroxylation is 2. The van der Waals surface area contributed by atoms with Gasteiger partial charge in [0.2, 0.25) is 5.95 Å². The summed E-state index contributed by atoms with van der Waals surface area (Å²) in [6.07, 6.45) is 6.35. The van der Waals surface area contributed by atoms with Crippen LogP contribution in [-0.2, 0) is 25.9 Å². The number of anilines is 2. The largest absolute Gasteiger partial charge is 0.309 e. The van der Waals surface area contributed by atoms with Crippen LogP contribution in [0, 0.1) is 0 Å². The van der Waals surface area contributed by atoms with Crippen LogP contribution in [0.5, 0.6) is 0 Å². The maximum Gasteiger partial charge on any atom is 0.263 e. The zero-order valence-corrected chi connectivity index (χ0v) is 17.2. The molecule has 1 aliphatic rings. The van der Waals surface area contributed by atoms with Crippen LogP contribution in [0.4, 0.5) is 11.8 Å². The second kappa shape index (κ2) is 7.48. The molecule has 29 heavy (non-hydrogen) atoms. The topological polar surface area (TPSA) is 64.7 Å². The van der Waals surface area contributed by atoms with Gasteiger partial charge in [-0.05, 0) is 43.7 Å². The number of nitrogens with zero attached hydrogens (tertiary/aromatic N) is 4. The SMILES string of the molecule is CCn1c(Nc2ccn(Cc3ccccc3)n2)nc2sc3c(c2c1=O)CCCC3. The molecule has 0 spiro atoms. The molecule has 0 unspecified atom stereocenters. The summed E-state index contributed by atoms with van der Waals surface area (Å²) >= 11 is 1.67. The van der Waals surface area contributed by atoms with Crippen molar-refractivity contribution in [1.82, 2.24) is 19.3 Å². The van der Waals surface area contributed by atoms with Crippen LogP contribution in [0.15, 0.2) is 47.4 Å². The minimum Gasteiger partial charge on any atom is -0.309 e. The molecule has 3 heterocycles. The van der Waals surface area contributed by atoms with Crippen LogP contribution in [0.2, 0.25) is 0 Å². The van der Waals surface area contributed by atoms with Crippen LogP contribution >= 0.6 is 11.3 Å². The molecule has 0 bridgehead atoms. The Hall–Kier alpha value is -2.93. The van der Waals surface area contributed by atoms with E-state index >= 15 is 0 Å². The van der Waals surface area contributed by atoms with Crippen LogP contribution in [0.25, 0.3) is 10.2 Å². The van der Waals surface area contributed by atoms with Crippen molar-refractivity contribution in [2.24, 2.45) is 0 Å². The summed E-state index contributed by atoms with van der Waals surface area (Å²) in [5.74, 6) is 1.25. The Bertz CT molecular complexity index is 1220. The fourth-order valence-corrected chi connectivity index (χ4v) is 5.28. The van der Waals surface area contributed by atoms with Gasteiger partial charge in [0.05, 0.1) is 11.9 Å². The number of aromatic nitrogens is 4. The average Bonchev–Trinajstić information content (AvgIpc) is 3.33. The van der Waals surface area contributed by atoms with E-state index in [1.807, 2.05) is 42.1 Å². The third kappa shape index (κ3) is 3.35. The molecule has 4 aromatic rings. The third-order valence-corrected chi connectivity index (χ3v) is 6.64. The van der Waals surface area contributed by atoms with Gasteiger partial charge >= 0.3 is 0 Å². The van der Waals surface area contributed by atoms with E-state index in [-0.39, 0.29) is 5.56 Å². The van der Waals surface area contributed by atoms with Gasteiger partial charge in [-0.25, -0.2) is 4.98 Å². The van der Waals surface area contributed by atoms with E-state index < -0.39 is 0 Å². The maximum absolute atomic E-state index is 13.2. The Kier molecular flexibility index (Phi) is 4.67. The summed E-state index contributed by atoms with van der Waals surface area (Å²) in [5.41, 5.74) is 2.48. The summed E-state index contributed by atoms with van der Waals surface area (Å²) < 4.78 is 3.61. The summed E-state index contributed by atoms with van der Waals surface area (Å²) in [6, 6.07) is 12.1. The first kappa shape index (κ1) is 18.1. The normalized spacial score (nSPS) is 13.6. The molecule has 6 nitrogen and oxygen atoms in total. The Labute approximate surface area is 172 Å². The van der Waals surface area contributed by atoms with Gasteiger partial charge in [-0.3, -0.25) is 14.0 Å². The van der Waals surface area contributed by atoms with E-state index in [9.17, 15) is 4.79 Å². The smallest absolute Gasteiger partial charge is 0.263 e. The number of fused-ring (bicyclic) bond motifs is 3. The zero-order chi connectivity index (χ0) is 19.8. The summed E-state index contributed by atoms with van der Waals surface area (Å²) in [5, 5.41) is 8.70. The van der Waals surface area contributed by atoms with Crippen molar-refractivity contribution in [3.05, 3.63) is 69.0 Å². The Morgan fingerprint density at radius 3 is 2.79 bits per heavy atom. The predicted molar refractivity (Wildman–Crippen MR) is 117 cm³/mol. The van der Waals surface area contributed by atoms with E-state index in [2.05, 4.69) is 22.5 Å². The van der Waals surface area contributed by atoms with Gasteiger partial charge in [-0.2, -0.15) is 5.10 Å². The summed E-state index contributed by atoms with van der Waals surface area (Å²) in [6.45, 7) is 3.25. The molecule has 0 radical (unpaired) electrons. The molecule has 0 saturated heterocycles. The molecule has 0 atom stereocenters. The van der Waals surface area contributed by atoms with Crippen molar-refractivity contribution in [2.45, 2.75) is 45.7 Å². The lowest BCUT2D eigenvalue weighted by atomic mass is 9.97. The number of nitrogens with one attached hydrogen (secondary N) is 1. The third-order valence-electron chi connectivity index (χ3n) is 5.46. The number of thiophene rings is 1. The standard InChI is InChI=1S/C22H23N5OS/c1-2-27-21(28)19-16-10-6-7-11-17(16)29-20(19)24-22(27)23-18-12-13-26(25-18)14-15-8-4-3-5-9-15/h3-5,8-9,12-13H,2,6-7,10-11,14H2,1H3,(H,23,24,25). The number of rotatable bonds is 5. The van der Waals surface area contributed by atoms with Gasteiger partial charge in [-0.1, -0.05) is 30.3 Å². The van der Waals surface area contributed by atoms with E-state index in [1.54, 1.807) is 15.9 Å². The highest BCUT2D eigenvalue weighted by molar-refractivity contribution is 7.18. The van der Waals surface area contributed by atoms with Gasteiger partial charge in [0.15, 0.2) is 5.82 Å². The van der Waals surface area contributed by atoms with Crippen LogP contribution in [0.3, 0.4) is 0 Å². The van der Waals surface area contributed by atoms with Crippen molar-refractivity contribution in [3.8, 4) is 0 Å². The molecular weight excluding hydrogens is 382 g/mol. The molecule has 7 heteroatoms. The molecule has 1 aromatic carbocycles. The molecular formula is C22H23N5OS. The van der Waals surface area contributed by atoms with Crippen LogP contribution < -0.4 is 10.9 Å². The first-order valence-electron chi connectivity index (χ1n) is 10.1. The Morgan fingerprint density at radius 2 is 1.97 bits per heavy atom. The first-order chi connectivity index (χ1) is 14.2. The van der Waals surface area contributed by atoms with Gasteiger partial charge in [0, 0.05) is 23.7 Å². The van der Waals surface area contributed by atoms with Crippen LogP contribution in [-0.4, -0.2) is 19.3 Å². The van der Waals surface area contributed by atoms with Gasteiger partial charge in [0.25, 0.3) is 5.56 Å². The summed E-state index contributed by atoms with van der Waals surface area (Å²) in [7, 11) is 0. The number of benzene rings is 1. The van der Waals surface area contributed by atoms with Crippen molar-refractivity contribution in [2.75, 3.05) is 5.32 Å². The lowest BCUT2D eigenvalue weighted by Gasteiger charge is -2.12. The van der Waals surface area contributed by atoms with Gasteiger partial charge < -0.3 is 5.32 Å². The van der Waals surface area contributed by atoms with Gasteiger partial charge in [0.1, 0.15) is 4.83 Å². The minimum atomic E-state index is 0.0584. The lowest BCUT2D eigenvalue weighted by Crippen LogP contribution is -2.24. The molecule has 3 aromatic heterocycles. The molecule has 0 aliphatic heterocycles. The summed E-state index contributed by atoms with van der Waals surface area (Å²) in [4.78, 5) is 20.2. The molecule has 148 valence electrons. The van der Waals surface area contributed by atoms with E-state index in [0.717, 1.165) is 29.5 Å². The van der Waals surface area contributed by atoms with E-state index in [4.69, 9.17) is 4.98 Å².